The van der Waals surface area contributed by atoms with Gasteiger partial charge < -0.3 is 10.6 Å². The van der Waals surface area contributed by atoms with Gasteiger partial charge in [-0.15, -0.1) is 0 Å². The summed E-state index contributed by atoms with van der Waals surface area (Å²) in [5, 5.41) is 0. The van der Waals surface area contributed by atoms with Gasteiger partial charge in [0.1, 0.15) is 17.3 Å². The molecule has 0 saturated heterocycles. The molecule has 1 rings (SSSR count). The van der Waals surface area contributed by atoms with Crippen molar-refractivity contribution < 1.29 is 8.78 Å². The zero-order valence-electron chi connectivity index (χ0n) is 12.8. The minimum Gasteiger partial charge on any atom is -0.367 e. The van der Waals surface area contributed by atoms with Crippen LogP contribution in [0.25, 0.3) is 0 Å². The zero-order valence-corrected chi connectivity index (χ0v) is 12.8. The summed E-state index contributed by atoms with van der Waals surface area (Å²) >= 11 is 0. The van der Waals surface area contributed by atoms with Crippen molar-refractivity contribution in [3.63, 3.8) is 0 Å². The van der Waals surface area contributed by atoms with Crippen LogP contribution in [0.15, 0.2) is 12.1 Å². The fraction of sp³-hybridized carbons (Fsp3) is 0.625. The first-order valence-corrected chi connectivity index (χ1v) is 7.51. The maximum Gasteiger partial charge on any atom is 0.149 e. The van der Waals surface area contributed by atoms with Gasteiger partial charge in [-0.05, 0) is 43.9 Å². The largest absolute Gasteiger partial charge is 0.367 e. The summed E-state index contributed by atoms with van der Waals surface area (Å²) < 4.78 is 28.4. The van der Waals surface area contributed by atoms with Gasteiger partial charge in [-0.3, -0.25) is 0 Å². The Kier molecular flexibility index (Phi) is 6.93. The van der Waals surface area contributed by atoms with Crippen molar-refractivity contribution in [1.29, 1.82) is 0 Å². The number of hydrogen-bond acceptors (Lipinski definition) is 2. The van der Waals surface area contributed by atoms with Gasteiger partial charge in [-0.2, -0.15) is 0 Å². The topological polar surface area (TPSA) is 29.3 Å². The Morgan fingerprint density at radius 1 is 1.15 bits per heavy atom. The average molecular weight is 284 g/mol. The van der Waals surface area contributed by atoms with E-state index in [-0.39, 0.29) is 11.7 Å². The summed E-state index contributed by atoms with van der Waals surface area (Å²) in [5.41, 5.74) is 6.56. The fourth-order valence-corrected chi connectivity index (χ4v) is 2.26. The SMILES string of the molecule is CCCCN(CC)c1c(F)cc(CC(N)CC)cc1F. The summed E-state index contributed by atoms with van der Waals surface area (Å²) in [7, 11) is 0. The lowest BCUT2D eigenvalue weighted by Gasteiger charge is -2.24. The molecule has 1 unspecified atom stereocenters. The van der Waals surface area contributed by atoms with Crippen LogP contribution in [0.1, 0.15) is 45.6 Å². The van der Waals surface area contributed by atoms with E-state index in [4.69, 9.17) is 5.73 Å². The van der Waals surface area contributed by atoms with Crippen molar-refractivity contribution in [3.05, 3.63) is 29.3 Å². The molecule has 0 aliphatic carbocycles. The predicted octanol–water partition coefficient (Wildman–Crippen LogP) is 3.87. The first-order valence-electron chi connectivity index (χ1n) is 7.51. The zero-order chi connectivity index (χ0) is 15.1. The van der Waals surface area contributed by atoms with Crippen molar-refractivity contribution in [2.24, 2.45) is 5.73 Å². The number of benzene rings is 1. The van der Waals surface area contributed by atoms with Gasteiger partial charge in [0.15, 0.2) is 0 Å². The average Bonchev–Trinajstić information content (AvgIpc) is 2.41. The smallest absolute Gasteiger partial charge is 0.149 e. The predicted molar refractivity (Wildman–Crippen MR) is 81.1 cm³/mol. The number of anilines is 1. The standard InChI is InChI=1S/C16H26F2N2/c1-4-7-8-20(6-3)16-14(17)10-12(11-15(16)18)9-13(19)5-2/h10-11,13H,4-9,19H2,1-3H3. The van der Waals surface area contributed by atoms with Crippen LogP contribution in [0.3, 0.4) is 0 Å². The first-order chi connectivity index (χ1) is 9.53. The molecule has 0 bridgehead atoms. The number of rotatable bonds is 8. The molecule has 1 aromatic carbocycles. The Morgan fingerprint density at radius 2 is 1.75 bits per heavy atom. The van der Waals surface area contributed by atoms with Crippen LogP contribution in [-0.4, -0.2) is 19.1 Å². The van der Waals surface area contributed by atoms with Crippen molar-refractivity contribution in [3.8, 4) is 0 Å². The van der Waals surface area contributed by atoms with Gasteiger partial charge in [-0.1, -0.05) is 20.3 Å². The summed E-state index contributed by atoms with van der Waals surface area (Å²) in [6.07, 6.45) is 3.23. The number of nitrogens with two attached hydrogens (primary N) is 1. The number of unbranched alkanes of at least 4 members (excludes halogenated alkanes) is 1. The van der Waals surface area contributed by atoms with Crippen molar-refractivity contribution >= 4 is 5.69 Å². The summed E-state index contributed by atoms with van der Waals surface area (Å²) in [4.78, 5) is 1.76. The van der Waals surface area contributed by atoms with E-state index in [1.165, 1.54) is 12.1 Å². The van der Waals surface area contributed by atoms with Crippen LogP contribution in [0, 0.1) is 11.6 Å². The van der Waals surface area contributed by atoms with Crippen molar-refractivity contribution in [2.75, 3.05) is 18.0 Å². The highest BCUT2D eigenvalue weighted by atomic mass is 19.1. The van der Waals surface area contributed by atoms with E-state index in [1.54, 1.807) is 4.90 Å². The third-order valence-corrected chi connectivity index (χ3v) is 3.58. The molecule has 2 nitrogen and oxygen atoms in total. The second kappa shape index (κ2) is 8.20. The van der Waals surface area contributed by atoms with Gasteiger partial charge in [0.05, 0.1) is 0 Å². The Bertz CT molecular complexity index is 398. The van der Waals surface area contributed by atoms with E-state index in [9.17, 15) is 8.78 Å². The number of halogens is 2. The van der Waals surface area contributed by atoms with Crippen LogP contribution in [0.2, 0.25) is 0 Å². The summed E-state index contributed by atoms with van der Waals surface area (Å²) in [6.45, 7) is 7.22. The third kappa shape index (κ3) is 4.44. The highest BCUT2D eigenvalue weighted by Gasteiger charge is 2.17. The van der Waals surface area contributed by atoms with E-state index in [2.05, 4.69) is 6.92 Å². The van der Waals surface area contributed by atoms with Gasteiger partial charge in [0.25, 0.3) is 0 Å². The lowest BCUT2D eigenvalue weighted by Crippen LogP contribution is -2.26. The molecule has 0 aromatic heterocycles. The van der Waals surface area contributed by atoms with E-state index in [0.717, 1.165) is 19.3 Å². The lowest BCUT2D eigenvalue weighted by atomic mass is 10.0. The minimum atomic E-state index is -0.485. The fourth-order valence-electron chi connectivity index (χ4n) is 2.26. The molecule has 0 saturated carbocycles. The molecule has 0 spiro atoms. The molecule has 114 valence electrons. The lowest BCUT2D eigenvalue weighted by molar-refractivity contribution is 0.560. The third-order valence-electron chi connectivity index (χ3n) is 3.58. The molecular formula is C16H26F2N2. The van der Waals surface area contributed by atoms with Gasteiger partial charge >= 0.3 is 0 Å². The van der Waals surface area contributed by atoms with Crippen LogP contribution < -0.4 is 10.6 Å². The molecule has 0 radical (unpaired) electrons. The second-order valence-corrected chi connectivity index (χ2v) is 5.21. The van der Waals surface area contributed by atoms with Crippen LogP contribution in [0.5, 0.6) is 0 Å². The van der Waals surface area contributed by atoms with E-state index in [0.29, 0.717) is 25.1 Å². The highest BCUT2D eigenvalue weighted by molar-refractivity contribution is 5.50. The van der Waals surface area contributed by atoms with Crippen LogP contribution in [0.4, 0.5) is 14.5 Å². The van der Waals surface area contributed by atoms with E-state index >= 15 is 0 Å². The molecule has 0 aliphatic rings. The molecule has 4 heteroatoms. The summed E-state index contributed by atoms with van der Waals surface area (Å²) in [5.74, 6) is -0.970. The molecule has 0 fully saturated rings. The van der Waals surface area contributed by atoms with Crippen LogP contribution >= 0.6 is 0 Å². The number of nitrogens with zero attached hydrogens (tertiary/aromatic N) is 1. The molecule has 0 aliphatic heterocycles. The van der Waals surface area contributed by atoms with Gasteiger partial charge in [0, 0.05) is 19.1 Å². The maximum atomic E-state index is 14.2. The van der Waals surface area contributed by atoms with Crippen LogP contribution in [-0.2, 0) is 6.42 Å². The number of hydrogen-bond donors (Lipinski definition) is 1. The first kappa shape index (κ1) is 16.9. The van der Waals surface area contributed by atoms with Gasteiger partial charge in [-0.25, -0.2) is 8.78 Å². The molecule has 0 heterocycles. The van der Waals surface area contributed by atoms with E-state index < -0.39 is 11.6 Å². The Hall–Kier alpha value is -1.16. The normalized spacial score (nSPS) is 12.5. The molecule has 1 aromatic rings. The summed E-state index contributed by atoms with van der Waals surface area (Å²) in [6, 6.07) is 2.78. The quantitative estimate of drug-likeness (QED) is 0.785. The van der Waals surface area contributed by atoms with Crippen molar-refractivity contribution in [2.45, 2.75) is 52.5 Å². The molecule has 2 N–H and O–H groups in total. The molecular weight excluding hydrogens is 258 g/mol. The molecule has 1 atom stereocenters. The Labute approximate surface area is 121 Å². The minimum absolute atomic E-state index is 0.0537. The van der Waals surface area contributed by atoms with E-state index in [1.807, 2.05) is 13.8 Å². The van der Waals surface area contributed by atoms with Crippen molar-refractivity contribution in [1.82, 2.24) is 0 Å². The second-order valence-electron chi connectivity index (χ2n) is 5.21. The Morgan fingerprint density at radius 3 is 2.20 bits per heavy atom. The Balaban J connectivity index is 2.97. The highest BCUT2D eigenvalue weighted by Crippen LogP contribution is 2.26. The van der Waals surface area contributed by atoms with Gasteiger partial charge in [0.2, 0.25) is 0 Å². The molecule has 20 heavy (non-hydrogen) atoms. The molecule has 0 amide bonds. The monoisotopic (exact) mass is 284 g/mol. The maximum absolute atomic E-state index is 14.2.